The van der Waals surface area contributed by atoms with E-state index in [1.165, 1.54) is 12.1 Å². The summed E-state index contributed by atoms with van der Waals surface area (Å²) in [6, 6.07) is 13.7. The topological polar surface area (TPSA) is 68.6 Å². The van der Waals surface area contributed by atoms with Crippen molar-refractivity contribution in [3.05, 3.63) is 59.9 Å². The molecule has 0 radical (unpaired) electrons. The smallest absolute Gasteiger partial charge is 0.449 e. The van der Waals surface area contributed by atoms with Crippen LogP contribution in [0, 0.1) is 0 Å². The predicted octanol–water partition coefficient (Wildman–Crippen LogP) is 3.25. The second kappa shape index (κ2) is 9.80. The molecule has 1 N–H and O–H groups in total. The number of methoxy groups -OCH3 is 1. The lowest BCUT2D eigenvalue weighted by molar-refractivity contribution is -0.147. The molecule has 2 heterocycles. The van der Waals surface area contributed by atoms with Crippen LogP contribution in [0.3, 0.4) is 0 Å². The number of fused-ring (bicyclic) bond motifs is 1. The third-order valence-corrected chi connectivity index (χ3v) is 5.69. The van der Waals surface area contributed by atoms with Crippen LogP contribution in [-0.4, -0.2) is 60.3 Å². The minimum Gasteiger partial charge on any atom is -0.497 e. The van der Waals surface area contributed by atoms with Gasteiger partial charge < -0.3 is 19.4 Å². The summed E-state index contributed by atoms with van der Waals surface area (Å²) in [5.41, 5.74) is 1.43. The number of ether oxygens (including phenoxy) is 2. The Bertz CT molecular complexity index is 1090. The standard InChI is InChI=1S/C23H25F3N4O3/c1-32-17-8-6-16(7-9-17)20(29-10-12-33-13-11-29)14-27-21(31)15-30-19-5-3-2-4-18(19)28-22(30)23(24,25)26/h2-9,20H,10-15H2,1H3,(H,27,31)/t20-/m0/s1. The Hall–Kier alpha value is -3.11. The number of rotatable bonds is 7. The molecule has 0 saturated carbocycles. The maximum atomic E-state index is 13.5. The molecule has 0 aliphatic carbocycles. The van der Waals surface area contributed by atoms with Crippen molar-refractivity contribution in [2.24, 2.45) is 0 Å². The first-order valence-corrected chi connectivity index (χ1v) is 10.6. The fourth-order valence-electron chi connectivity index (χ4n) is 4.03. The molecule has 1 aliphatic rings. The van der Waals surface area contributed by atoms with E-state index in [0.717, 1.165) is 15.9 Å². The Labute approximate surface area is 189 Å². The number of carbonyl (C=O) groups is 1. The molecule has 2 aromatic carbocycles. The average molecular weight is 462 g/mol. The molecule has 1 aromatic heterocycles. The summed E-state index contributed by atoms with van der Waals surface area (Å²) in [6.45, 7) is 2.31. The summed E-state index contributed by atoms with van der Waals surface area (Å²) >= 11 is 0. The van der Waals surface area contributed by atoms with E-state index in [4.69, 9.17) is 9.47 Å². The third-order valence-electron chi connectivity index (χ3n) is 5.69. The van der Waals surface area contributed by atoms with E-state index in [1.54, 1.807) is 19.2 Å². The van der Waals surface area contributed by atoms with Gasteiger partial charge >= 0.3 is 6.18 Å². The van der Waals surface area contributed by atoms with Crippen molar-refractivity contribution in [1.82, 2.24) is 19.8 Å². The summed E-state index contributed by atoms with van der Waals surface area (Å²) in [6.07, 6.45) is -4.67. The second-order valence-corrected chi connectivity index (χ2v) is 7.75. The molecule has 4 rings (SSSR count). The molecule has 10 heteroatoms. The van der Waals surface area contributed by atoms with Crippen LogP contribution in [0.2, 0.25) is 0 Å². The number of carbonyl (C=O) groups excluding carboxylic acids is 1. The molecule has 3 aromatic rings. The molecular formula is C23H25F3N4O3. The molecule has 7 nitrogen and oxygen atoms in total. The lowest BCUT2D eigenvalue weighted by atomic mass is 10.0. The number of nitrogens with one attached hydrogen (secondary N) is 1. The van der Waals surface area contributed by atoms with E-state index in [-0.39, 0.29) is 23.6 Å². The van der Waals surface area contributed by atoms with Gasteiger partial charge in [0.1, 0.15) is 12.3 Å². The highest BCUT2D eigenvalue weighted by Crippen LogP contribution is 2.31. The number of nitrogens with zero attached hydrogens (tertiary/aromatic N) is 3. The Morgan fingerprint density at radius 1 is 1.15 bits per heavy atom. The van der Waals surface area contributed by atoms with Gasteiger partial charge in [0, 0.05) is 19.6 Å². The van der Waals surface area contributed by atoms with E-state index in [1.807, 2.05) is 24.3 Å². The van der Waals surface area contributed by atoms with Crippen molar-refractivity contribution >= 4 is 16.9 Å². The van der Waals surface area contributed by atoms with Crippen LogP contribution < -0.4 is 10.1 Å². The second-order valence-electron chi connectivity index (χ2n) is 7.75. The number of hydrogen-bond acceptors (Lipinski definition) is 5. The quantitative estimate of drug-likeness (QED) is 0.584. The van der Waals surface area contributed by atoms with Gasteiger partial charge in [0.15, 0.2) is 0 Å². The Morgan fingerprint density at radius 2 is 1.85 bits per heavy atom. The Kier molecular flexibility index (Phi) is 6.85. The van der Waals surface area contributed by atoms with Crippen LogP contribution in [0.5, 0.6) is 5.75 Å². The van der Waals surface area contributed by atoms with Crippen molar-refractivity contribution in [2.75, 3.05) is 40.0 Å². The van der Waals surface area contributed by atoms with E-state index in [2.05, 4.69) is 15.2 Å². The number of amides is 1. The molecular weight excluding hydrogens is 437 g/mol. The van der Waals surface area contributed by atoms with Gasteiger partial charge in [0.25, 0.3) is 0 Å². The highest BCUT2D eigenvalue weighted by atomic mass is 19.4. The summed E-state index contributed by atoms with van der Waals surface area (Å²) in [4.78, 5) is 18.6. The Morgan fingerprint density at radius 3 is 2.52 bits per heavy atom. The highest BCUT2D eigenvalue weighted by Gasteiger charge is 2.38. The zero-order valence-corrected chi connectivity index (χ0v) is 18.1. The van der Waals surface area contributed by atoms with Crippen molar-refractivity contribution in [1.29, 1.82) is 0 Å². The third kappa shape index (κ3) is 5.28. The predicted molar refractivity (Wildman–Crippen MR) is 116 cm³/mol. The Balaban J connectivity index is 1.52. The summed E-state index contributed by atoms with van der Waals surface area (Å²) in [7, 11) is 1.59. The molecule has 0 bridgehead atoms. The zero-order valence-electron chi connectivity index (χ0n) is 18.1. The van der Waals surface area contributed by atoms with Crippen LogP contribution in [0.25, 0.3) is 11.0 Å². The number of alkyl halides is 3. The largest absolute Gasteiger partial charge is 0.497 e. The van der Waals surface area contributed by atoms with Gasteiger partial charge in [-0.1, -0.05) is 24.3 Å². The van der Waals surface area contributed by atoms with Gasteiger partial charge in [-0.05, 0) is 29.8 Å². The van der Waals surface area contributed by atoms with E-state index in [0.29, 0.717) is 26.3 Å². The molecule has 1 atom stereocenters. The molecule has 1 fully saturated rings. The molecule has 0 spiro atoms. The normalized spacial score (nSPS) is 16.0. The summed E-state index contributed by atoms with van der Waals surface area (Å²) < 4.78 is 52.2. The van der Waals surface area contributed by atoms with Crippen molar-refractivity contribution in [3.63, 3.8) is 0 Å². The summed E-state index contributed by atoms with van der Waals surface area (Å²) in [5, 5.41) is 2.82. The van der Waals surface area contributed by atoms with E-state index >= 15 is 0 Å². The van der Waals surface area contributed by atoms with Crippen LogP contribution in [-0.2, 0) is 22.3 Å². The van der Waals surface area contributed by atoms with E-state index in [9.17, 15) is 18.0 Å². The van der Waals surface area contributed by atoms with Gasteiger partial charge in [-0.25, -0.2) is 4.98 Å². The van der Waals surface area contributed by atoms with Crippen molar-refractivity contribution < 1.29 is 27.4 Å². The van der Waals surface area contributed by atoms with Gasteiger partial charge in [0.2, 0.25) is 11.7 Å². The first-order valence-electron chi connectivity index (χ1n) is 10.6. The van der Waals surface area contributed by atoms with E-state index < -0.39 is 24.5 Å². The number of halogens is 3. The molecule has 0 unspecified atom stereocenters. The molecule has 176 valence electrons. The maximum absolute atomic E-state index is 13.5. The van der Waals surface area contributed by atoms with Crippen molar-refractivity contribution in [2.45, 2.75) is 18.8 Å². The van der Waals surface area contributed by atoms with Gasteiger partial charge in [-0.2, -0.15) is 13.2 Å². The number of aromatic nitrogens is 2. The number of imidazole rings is 1. The van der Waals surface area contributed by atoms with Gasteiger partial charge in [0.05, 0.1) is 37.4 Å². The summed E-state index contributed by atoms with van der Waals surface area (Å²) in [5.74, 6) is -0.885. The monoisotopic (exact) mass is 462 g/mol. The zero-order chi connectivity index (χ0) is 23.4. The molecule has 33 heavy (non-hydrogen) atoms. The lowest BCUT2D eigenvalue weighted by Crippen LogP contribution is -2.44. The highest BCUT2D eigenvalue weighted by molar-refractivity contribution is 5.81. The number of hydrogen-bond donors (Lipinski definition) is 1. The molecule has 1 amide bonds. The molecule has 1 aliphatic heterocycles. The first-order chi connectivity index (χ1) is 15.9. The minimum absolute atomic E-state index is 0.148. The molecule has 1 saturated heterocycles. The van der Waals surface area contributed by atoms with Crippen LogP contribution in [0.1, 0.15) is 17.4 Å². The lowest BCUT2D eigenvalue weighted by Gasteiger charge is -2.35. The van der Waals surface area contributed by atoms with Gasteiger partial charge in [-0.3, -0.25) is 9.69 Å². The maximum Gasteiger partial charge on any atom is 0.449 e. The minimum atomic E-state index is -4.67. The number of para-hydroxylation sites is 2. The van der Waals surface area contributed by atoms with Crippen molar-refractivity contribution in [3.8, 4) is 5.75 Å². The first kappa shape index (κ1) is 23.1. The average Bonchev–Trinajstić information content (AvgIpc) is 3.19. The van der Waals surface area contributed by atoms with Gasteiger partial charge in [-0.15, -0.1) is 0 Å². The number of morpholine rings is 1. The van der Waals surface area contributed by atoms with Crippen LogP contribution in [0.15, 0.2) is 48.5 Å². The fourth-order valence-corrected chi connectivity index (χ4v) is 4.03. The van der Waals surface area contributed by atoms with Crippen LogP contribution in [0.4, 0.5) is 13.2 Å². The van der Waals surface area contributed by atoms with Crippen LogP contribution >= 0.6 is 0 Å². The fraction of sp³-hybridized carbons (Fsp3) is 0.391. The SMILES string of the molecule is COc1ccc([C@H](CNC(=O)Cn2c(C(F)(F)F)nc3ccccc32)N2CCOCC2)cc1. The number of benzene rings is 2.